The summed E-state index contributed by atoms with van der Waals surface area (Å²) in [6.45, 7) is 0. The van der Waals surface area contributed by atoms with Crippen LogP contribution in [0.3, 0.4) is 0 Å². The van der Waals surface area contributed by atoms with Crippen molar-refractivity contribution in [2.75, 3.05) is 5.32 Å². The first-order chi connectivity index (χ1) is 11.2. The van der Waals surface area contributed by atoms with Gasteiger partial charge in [-0.2, -0.15) is 23.6 Å². The summed E-state index contributed by atoms with van der Waals surface area (Å²) in [5, 5.41) is 33.7. The fraction of sp³-hybridized carbons (Fsp3) is 0.0909. The number of aromatic nitrogens is 4. The van der Waals surface area contributed by atoms with Gasteiger partial charge in [-0.15, -0.1) is 10.2 Å². The third kappa shape index (κ3) is 3.58. The molecule has 0 aliphatic carbocycles. The summed E-state index contributed by atoms with van der Waals surface area (Å²) < 4.78 is 38.6. The maximum atomic E-state index is 12.9. The number of anilines is 1. The van der Waals surface area contributed by atoms with Crippen LogP contribution in [0.2, 0.25) is 5.02 Å². The van der Waals surface area contributed by atoms with Gasteiger partial charge in [0.05, 0.1) is 15.5 Å². The van der Waals surface area contributed by atoms with Crippen molar-refractivity contribution in [2.45, 2.75) is 6.18 Å². The molecule has 0 atom stereocenters. The van der Waals surface area contributed by atoms with Crippen LogP contribution in [0.15, 0.2) is 18.3 Å². The van der Waals surface area contributed by atoms with Crippen LogP contribution in [0.25, 0.3) is 5.57 Å². The first kappa shape index (κ1) is 17.2. The van der Waals surface area contributed by atoms with Gasteiger partial charge < -0.3 is 5.32 Å². The number of allylic oxidation sites excluding steroid dienone is 1. The smallest absolute Gasteiger partial charge is 0.355 e. The lowest BCUT2D eigenvalue weighted by Crippen LogP contribution is -2.08. The summed E-state index contributed by atoms with van der Waals surface area (Å²) >= 11 is 5.45. The van der Waals surface area contributed by atoms with Crippen molar-refractivity contribution in [2.24, 2.45) is 0 Å². The molecule has 9 nitrogen and oxygen atoms in total. The van der Waals surface area contributed by atoms with E-state index in [2.05, 4.69) is 25.9 Å². The van der Waals surface area contributed by atoms with Crippen molar-refractivity contribution >= 4 is 28.5 Å². The second-order valence-corrected chi connectivity index (χ2v) is 4.56. The number of benzene rings is 1. The quantitative estimate of drug-likeness (QED) is 0.487. The number of alkyl halides is 3. The van der Waals surface area contributed by atoms with Crippen LogP contribution < -0.4 is 5.32 Å². The molecule has 0 amide bonds. The lowest BCUT2D eigenvalue weighted by Gasteiger charge is -2.11. The van der Waals surface area contributed by atoms with Gasteiger partial charge in [0.2, 0.25) is 5.82 Å². The van der Waals surface area contributed by atoms with E-state index in [1.54, 1.807) is 6.07 Å². The van der Waals surface area contributed by atoms with E-state index in [-0.39, 0.29) is 11.4 Å². The van der Waals surface area contributed by atoms with Crippen LogP contribution >= 0.6 is 11.6 Å². The van der Waals surface area contributed by atoms with E-state index < -0.39 is 33.1 Å². The zero-order chi connectivity index (χ0) is 17.9. The number of nitriles is 1. The molecular weight excluding hydrogens is 355 g/mol. The Morgan fingerprint density at radius 1 is 1.50 bits per heavy atom. The summed E-state index contributed by atoms with van der Waals surface area (Å²) in [7, 11) is 0. The second kappa shape index (κ2) is 6.50. The normalized spacial score (nSPS) is 11.9. The van der Waals surface area contributed by atoms with Gasteiger partial charge >= 0.3 is 6.18 Å². The number of H-pyrrole nitrogens is 1. The van der Waals surface area contributed by atoms with Crippen molar-refractivity contribution < 1.29 is 18.1 Å². The highest BCUT2D eigenvalue weighted by Crippen LogP contribution is 2.40. The zero-order valence-electron chi connectivity index (χ0n) is 11.3. The van der Waals surface area contributed by atoms with Crippen LogP contribution in [0.5, 0.6) is 0 Å². The molecule has 2 rings (SSSR count). The lowest BCUT2D eigenvalue weighted by atomic mass is 10.1. The fourth-order valence-corrected chi connectivity index (χ4v) is 1.88. The Labute approximate surface area is 135 Å². The molecule has 24 heavy (non-hydrogen) atoms. The third-order valence-electron chi connectivity index (χ3n) is 2.67. The van der Waals surface area contributed by atoms with Gasteiger partial charge in [-0.05, 0) is 11.3 Å². The number of nitro groups is 1. The first-order valence-corrected chi connectivity index (χ1v) is 6.27. The topological polar surface area (TPSA) is 133 Å². The summed E-state index contributed by atoms with van der Waals surface area (Å²) in [5.74, 6) is -0.141. The fourth-order valence-electron chi connectivity index (χ4n) is 1.62. The van der Waals surface area contributed by atoms with Gasteiger partial charge in [-0.25, -0.2) is 0 Å². The summed E-state index contributed by atoms with van der Waals surface area (Å²) in [4.78, 5) is 10.1. The van der Waals surface area contributed by atoms with Crippen LogP contribution in [0.1, 0.15) is 11.4 Å². The van der Waals surface area contributed by atoms with Crippen molar-refractivity contribution in [1.82, 2.24) is 20.6 Å². The van der Waals surface area contributed by atoms with E-state index in [0.717, 1.165) is 6.20 Å². The van der Waals surface area contributed by atoms with E-state index in [1.807, 2.05) is 0 Å². The van der Waals surface area contributed by atoms with Crippen molar-refractivity contribution in [3.63, 3.8) is 0 Å². The Balaban J connectivity index is 2.48. The minimum absolute atomic E-state index is 0.141. The predicted octanol–water partition coefficient (Wildman–Crippen LogP) is 2.76. The molecule has 0 saturated carbocycles. The Kier molecular flexibility index (Phi) is 4.65. The number of nitrogens with zero attached hydrogens (tertiary/aromatic N) is 5. The number of aromatic amines is 1. The largest absolute Gasteiger partial charge is 0.417 e. The number of hydrogen-bond donors (Lipinski definition) is 2. The highest BCUT2D eigenvalue weighted by molar-refractivity contribution is 6.31. The number of halogens is 4. The van der Waals surface area contributed by atoms with E-state index in [0.29, 0.717) is 12.1 Å². The van der Waals surface area contributed by atoms with E-state index in [9.17, 15) is 23.3 Å². The molecule has 1 aromatic carbocycles. The summed E-state index contributed by atoms with van der Waals surface area (Å²) in [6.07, 6.45) is -3.89. The van der Waals surface area contributed by atoms with E-state index >= 15 is 0 Å². The summed E-state index contributed by atoms with van der Waals surface area (Å²) in [5.41, 5.74) is -2.67. The molecule has 2 aromatic rings. The Morgan fingerprint density at radius 2 is 2.21 bits per heavy atom. The Hall–Kier alpha value is -3.20. The van der Waals surface area contributed by atoms with Crippen LogP contribution in [-0.4, -0.2) is 25.5 Å². The summed E-state index contributed by atoms with van der Waals surface area (Å²) in [6, 6.07) is 2.72. The van der Waals surface area contributed by atoms with Crippen molar-refractivity contribution in [3.05, 3.63) is 44.9 Å². The first-order valence-electron chi connectivity index (χ1n) is 5.89. The molecule has 2 N–H and O–H groups in total. The molecule has 0 saturated heterocycles. The number of hydrogen-bond acceptors (Lipinski definition) is 7. The molecular formula is C11H5ClF3N7O2. The van der Waals surface area contributed by atoms with Crippen LogP contribution in [0.4, 0.5) is 24.5 Å². The molecule has 0 spiro atoms. The van der Waals surface area contributed by atoms with Gasteiger partial charge in [-0.1, -0.05) is 11.6 Å². The van der Waals surface area contributed by atoms with E-state index in [1.165, 1.54) is 0 Å². The molecule has 0 bridgehead atoms. The second-order valence-electron chi connectivity index (χ2n) is 4.15. The Bertz CT molecular complexity index is 843. The maximum Gasteiger partial charge on any atom is 0.417 e. The van der Waals surface area contributed by atoms with Crippen molar-refractivity contribution in [3.8, 4) is 6.07 Å². The SMILES string of the molecule is N#CC(=CNc1cc(C(F)(F)F)c(Cl)cc1[N+](=O)[O-])c1nn[nH]n1. The Morgan fingerprint density at radius 3 is 2.71 bits per heavy atom. The predicted molar refractivity (Wildman–Crippen MR) is 74.5 cm³/mol. The van der Waals surface area contributed by atoms with Crippen LogP contribution in [0, 0.1) is 21.4 Å². The van der Waals surface area contributed by atoms with E-state index in [4.69, 9.17) is 16.9 Å². The molecule has 0 unspecified atom stereocenters. The van der Waals surface area contributed by atoms with Gasteiger partial charge in [0.25, 0.3) is 5.69 Å². The van der Waals surface area contributed by atoms with Crippen molar-refractivity contribution in [1.29, 1.82) is 5.26 Å². The lowest BCUT2D eigenvalue weighted by molar-refractivity contribution is -0.383. The standard InChI is InChI=1S/C11H5ClF3N7O2/c12-7-2-9(22(23)24)8(1-6(7)11(13,14)15)17-4-5(3-16)10-18-20-21-19-10/h1-2,4,17H,(H,18,19,20,21). The molecule has 1 aromatic heterocycles. The molecule has 0 fully saturated rings. The maximum absolute atomic E-state index is 12.9. The number of tetrazole rings is 1. The highest BCUT2D eigenvalue weighted by atomic mass is 35.5. The zero-order valence-corrected chi connectivity index (χ0v) is 12.1. The molecule has 0 aliphatic rings. The van der Waals surface area contributed by atoms with Gasteiger partial charge in [0.15, 0.2) is 0 Å². The number of nitrogens with one attached hydrogen (secondary N) is 2. The average Bonchev–Trinajstić information content (AvgIpc) is 3.01. The highest BCUT2D eigenvalue weighted by Gasteiger charge is 2.35. The van der Waals surface area contributed by atoms with Gasteiger partial charge in [0.1, 0.15) is 17.3 Å². The average molecular weight is 360 g/mol. The van der Waals surface area contributed by atoms with Gasteiger partial charge in [0, 0.05) is 12.3 Å². The molecule has 13 heteroatoms. The number of nitro benzene ring substituents is 1. The monoisotopic (exact) mass is 359 g/mol. The molecule has 0 radical (unpaired) electrons. The minimum atomic E-state index is -4.81. The van der Waals surface area contributed by atoms with Gasteiger partial charge in [-0.3, -0.25) is 10.1 Å². The molecule has 0 aliphatic heterocycles. The van der Waals surface area contributed by atoms with Crippen LogP contribution in [-0.2, 0) is 6.18 Å². The minimum Gasteiger partial charge on any atom is -0.355 e. The number of rotatable bonds is 4. The molecule has 1 heterocycles. The molecule has 124 valence electrons. The third-order valence-corrected chi connectivity index (χ3v) is 2.98.